The average Bonchev–Trinajstić information content (AvgIpc) is 3.45. The molecule has 0 aliphatic carbocycles. The quantitative estimate of drug-likeness (QED) is 0.319. The summed E-state index contributed by atoms with van der Waals surface area (Å²) in [5.41, 5.74) is 4.18. The highest BCUT2D eigenvalue weighted by Crippen LogP contribution is 2.33. The first-order valence-electron chi connectivity index (χ1n) is 12.4. The number of rotatable bonds is 5. The summed E-state index contributed by atoms with van der Waals surface area (Å²) >= 11 is 1.33. The first-order valence-corrected chi connectivity index (χ1v) is 13.3. The maximum atomic E-state index is 13.5. The van der Waals surface area contributed by atoms with E-state index in [9.17, 15) is 14.7 Å². The van der Waals surface area contributed by atoms with E-state index < -0.39 is 0 Å². The Morgan fingerprint density at radius 1 is 1.05 bits per heavy atom. The van der Waals surface area contributed by atoms with Crippen LogP contribution in [0.5, 0.6) is 11.5 Å². The molecule has 5 aromatic rings. The Morgan fingerprint density at radius 2 is 1.88 bits per heavy atom. The van der Waals surface area contributed by atoms with Crippen molar-refractivity contribution < 1.29 is 14.6 Å². The van der Waals surface area contributed by atoms with Crippen LogP contribution in [0, 0.1) is 6.92 Å². The SMILES string of the molecule is Cc1c(N=c2scc(-c3ccc4c(c3)NC(=O)CO4)n2/N=C/c2cccc(O)c2)c(=O)n(-c2ccccc2)n1C. The van der Waals surface area contributed by atoms with Crippen molar-refractivity contribution in [3.8, 4) is 28.4 Å². The van der Waals surface area contributed by atoms with E-state index in [4.69, 9.17) is 9.73 Å². The van der Waals surface area contributed by atoms with Gasteiger partial charge in [-0.2, -0.15) is 5.10 Å². The Balaban J connectivity index is 1.52. The number of carbonyl (C=O) groups is 1. The Labute approximate surface area is 232 Å². The van der Waals surface area contributed by atoms with E-state index in [0.29, 0.717) is 38.9 Å². The molecule has 3 heterocycles. The molecule has 0 atom stereocenters. The van der Waals surface area contributed by atoms with Crippen LogP contribution in [0.3, 0.4) is 0 Å². The number of nitrogens with one attached hydrogen (secondary N) is 1. The van der Waals surface area contributed by atoms with Crippen molar-refractivity contribution in [2.45, 2.75) is 6.92 Å². The summed E-state index contributed by atoms with van der Waals surface area (Å²) in [5.74, 6) is 0.477. The molecule has 0 saturated heterocycles. The van der Waals surface area contributed by atoms with Crippen molar-refractivity contribution in [3.63, 3.8) is 0 Å². The fraction of sp³-hybridized carbons (Fsp3) is 0.103. The second kappa shape index (κ2) is 10.2. The lowest BCUT2D eigenvalue weighted by Crippen LogP contribution is -2.25. The molecule has 1 aliphatic rings. The van der Waals surface area contributed by atoms with Gasteiger partial charge >= 0.3 is 0 Å². The second-order valence-corrected chi connectivity index (χ2v) is 9.96. The fourth-order valence-electron chi connectivity index (χ4n) is 4.44. The van der Waals surface area contributed by atoms with Gasteiger partial charge in [-0.05, 0) is 55.0 Å². The summed E-state index contributed by atoms with van der Waals surface area (Å²) in [6.45, 7) is 1.82. The molecule has 1 amide bonds. The molecule has 0 radical (unpaired) electrons. The van der Waals surface area contributed by atoms with E-state index in [-0.39, 0.29) is 23.8 Å². The van der Waals surface area contributed by atoms with Crippen LogP contribution in [-0.4, -0.2) is 37.9 Å². The van der Waals surface area contributed by atoms with Crippen LogP contribution < -0.4 is 20.4 Å². The highest BCUT2D eigenvalue weighted by atomic mass is 32.1. The maximum absolute atomic E-state index is 13.5. The predicted molar refractivity (Wildman–Crippen MR) is 154 cm³/mol. The number of benzene rings is 3. The number of para-hydroxylation sites is 1. The molecule has 0 fully saturated rings. The molecule has 0 unspecified atom stereocenters. The number of aromatic nitrogens is 3. The number of hydrogen-bond donors (Lipinski definition) is 2. The lowest BCUT2D eigenvalue weighted by atomic mass is 10.1. The number of hydrogen-bond acceptors (Lipinski definition) is 7. The van der Waals surface area contributed by atoms with E-state index in [1.54, 1.807) is 44.5 Å². The minimum Gasteiger partial charge on any atom is -0.508 e. The lowest BCUT2D eigenvalue weighted by Gasteiger charge is -2.18. The molecule has 1 aliphatic heterocycles. The number of nitrogens with zero attached hydrogens (tertiary/aromatic N) is 5. The van der Waals surface area contributed by atoms with Gasteiger partial charge in [0.1, 0.15) is 11.5 Å². The smallest absolute Gasteiger partial charge is 0.297 e. The van der Waals surface area contributed by atoms with Crippen LogP contribution in [0.15, 0.2) is 93.1 Å². The Bertz CT molecular complexity index is 1910. The molecule has 0 spiro atoms. The fourth-order valence-corrected chi connectivity index (χ4v) is 5.28. The summed E-state index contributed by atoms with van der Waals surface area (Å²) in [6, 6.07) is 21.6. The van der Waals surface area contributed by atoms with Gasteiger partial charge in [-0.3, -0.25) is 14.3 Å². The number of amides is 1. The third-order valence-corrected chi connectivity index (χ3v) is 7.33. The van der Waals surface area contributed by atoms with Gasteiger partial charge < -0.3 is 15.2 Å². The molecule has 10 nitrogen and oxygen atoms in total. The van der Waals surface area contributed by atoms with Crippen molar-refractivity contribution in [1.82, 2.24) is 14.0 Å². The standard InChI is InChI=1S/C29H24N6O4S/c1-18-27(28(38)35(33(18)2)21-8-4-3-5-9-21)32-29-34(30-15-19-7-6-10-22(36)13-19)24(17-40-29)20-11-12-25-23(14-20)31-26(37)16-39-25/h3-15,17,36H,16H2,1-2H3,(H,31,37)/b30-15+,32-29?. The molecule has 40 heavy (non-hydrogen) atoms. The zero-order chi connectivity index (χ0) is 27.8. The molecule has 2 aromatic heterocycles. The number of ether oxygens (including phenoxy) is 1. The van der Waals surface area contributed by atoms with Gasteiger partial charge in [0.15, 0.2) is 12.3 Å². The zero-order valence-corrected chi connectivity index (χ0v) is 22.4. The third-order valence-electron chi connectivity index (χ3n) is 6.52. The highest BCUT2D eigenvalue weighted by molar-refractivity contribution is 7.07. The van der Waals surface area contributed by atoms with Crippen LogP contribution in [0.25, 0.3) is 16.9 Å². The van der Waals surface area contributed by atoms with Gasteiger partial charge in [-0.25, -0.2) is 14.4 Å². The minimum atomic E-state index is -0.252. The number of anilines is 1. The van der Waals surface area contributed by atoms with Crippen molar-refractivity contribution in [1.29, 1.82) is 0 Å². The van der Waals surface area contributed by atoms with Crippen LogP contribution in [0.2, 0.25) is 0 Å². The van der Waals surface area contributed by atoms with Crippen molar-refractivity contribution in [2.24, 2.45) is 17.1 Å². The molecule has 6 rings (SSSR count). The van der Waals surface area contributed by atoms with Gasteiger partial charge in [0.05, 0.1) is 29.0 Å². The van der Waals surface area contributed by atoms with E-state index in [1.165, 1.54) is 11.3 Å². The van der Waals surface area contributed by atoms with Gasteiger partial charge in [-0.1, -0.05) is 30.3 Å². The van der Waals surface area contributed by atoms with Crippen molar-refractivity contribution >= 4 is 34.8 Å². The van der Waals surface area contributed by atoms with E-state index in [1.807, 2.05) is 67.9 Å². The molecule has 11 heteroatoms. The topological polar surface area (TPSA) is 115 Å². The van der Waals surface area contributed by atoms with Crippen LogP contribution >= 0.6 is 11.3 Å². The summed E-state index contributed by atoms with van der Waals surface area (Å²) in [7, 11) is 1.82. The summed E-state index contributed by atoms with van der Waals surface area (Å²) in [4.78, 5) is 30.7. The minimum absolute atomic E-state index is 0.0288. The molecule has 2 N–H and O–H groups in total. The Hall–Kier alpha value is -5.16. The van der Waals surface area contributed by atoms with Gasteiger partial charge in [0.25, 0.3) is 11.5 Å². The molecule has 0 bridgehead atoms. The molecule has 200 valence electrons. The van der Waals surface area contributed by atoms with Crippen LogP contribution in [0.1, 0.15) is 11.3 Å². The Kier molecular flexibility index (Phi) is 6.40. The third kappa shape index (κ3) is 4.63. The number of phenolic OH excluding ortho intramolecular Hbond substituents is 1. The van der Waals surface area contributed by atoms with Gasteiger partial charge in [0, 0.05) is 18.0 Å². The predicted octanol–water partition coefficient (Wildman–Crippen LogP) is 4.17. The first-order chi connectivity index (χ1) is 19.4. The number of phenols is 1. The first kappa shape index (κ1) is 25.1. The average molecular weight is 553 g/mol. The molecular weight excluding hydrogens is 528 g/mol. The number of aromatic hydroxyl groups is 1. The highest BCUT2D eigenvalue weighted by Gasteiger charge is 2.19. The van der Waals surface area contributed by atoms with E-state index in [0.717, 1.165) is 11.3 Å². The molecule has 3 aromatic carbocycles. The lowest BCUT2D eigenvalue weighted by molar-refractivity contribution is -0.118. The number of carbonyl (C=O) groups excluding carboxylic acids is 1. The zero-order valence-electron chi connectivity index (χ0n) is 21.6. The number of fused-ring (bicyclic) bond motifs is 1. The van der Waals surface area contributed by atoms with Crippen LogP contribution in [0.4, 0.5) is 11.4 Å². The Morgan fingerprint density at radius 3 is 2.67 bits per heavy atom. The molecular formula is C29H24N6O4S. The van der Waals surface area contributed by atoms with Crippen molar-refractivity contribution in [2.75, 3.05) is 11.9 Å². The maximum Gasteiger partial charge on any atom is 0.297 e. The molecule has 0 saturated carbocycles. The summed E-state index contributed by atoms with van der Waals surface area (Å²) < 4.78 is 10.5. The van der Waals surface area contributed by atoms with E-state index >= 15 is 0 Å². The van der Waals surface area contributed by atoms with Crippen molar-refractivity contribution in [3.05, 3.63) is 105 Å². The van der Waals surface area contributed by atoms with Crippen LogP contribution in [-0.2, 0) is 11.8 Å². The monoisotopic (exact) mass is 552 g/mol. The normalized spacial score (nSPS) is 13.3. The summed E-state index contributed by atoms with van der Waals surface area (Å²) in [5, 5.41) is 19.3. The van der Waals surface area contributed by atoms with Gasteiger partial charge in [0.2, 0.25) is 4.80 Å². The summed E-state index contributed by atoms with van der Waals surface area (Å²) in [6.07, 6.45) is 1.61. The van der Waals surface area contributed by atoms with E-state index in [2.05, 4.69) is 10.4 Å². The largest absolute Gasteiger partial charge is 0.508 e. The van der Waals surface area contributed by atoms with Gasteiger partial charge in [-0.15, -0.1) is 11.3 Å². The second-order valence-electron chi connectivity index (χ2n) is 9.12. The number of thiazole rings is 1.